The third-order valence-electron chi connectivity index (χ3n) is 3.35. The van der Waals surface area contributed by atoms with Gasteiger partial charge in [0.05, 0.1) is 16.7 Å². The highest BCUT2D eigenvalue weighted by Gasteiger charge is 2.14. The minimum atomic E-state index is -0.285. The van der Waals surface area contributed by atoms with E-state index in [1.165, 1.54) is 17.7 Å². The van der Waals surface area contributed by atoms with Crippen molar-refractivity contribution in [3.63, 3.8) is 0 Å². The molecule has 5 heteroatoms. The lowest BCUT2D eigenvalue weighted by Crippen LogP contribution is -2.03. The summed E-state index contributed by atoms with van der Waals surface area (Å²) in [5.74, 6) is 1.01. The van der Waals surface area contributed by atoms with E-state index in [-0.39, 0.29) is 5.82 Å². The third kappa shape index (κ3) is 2.70. The largest absolute Gasteiger partial charge is 0.295 e. The molecule has 1 aromatic heterocycles. The minimum Gasteiger partial charge on any atom is -0.295 e. The van der Waals surface area contributed by atoms with Crippen molar-refractivity contribution in [2.24, 2.45) is 0 Å². The van der Waals surface area contributed by atoms with Crippen molar-refractivity contribution in [1.82, 2.24) is 9.55 Å². The van der Waals surface area contributed by atoms with Crippen LogP contribution >= 0.6 is 27.5 Å². The predicted molar refractivity (Wildman–Crippen MR) is 87.9 cm³/mol. The van der Waals surface area contributed by atoms with E-state index < -0.39 is 0 Å². The molecule has 0 radical (unpaired) electrons. The van der Waals surface area contributed by atoms with Crippen LogP contribution in [0.2, 0.25) is 0 Å². The monoisotopic (exact) mass is 366 g/mol. The van der Waals surface area contributed by atoms with E-state index in [4.69, 9.17) is 11.6 Å². The fourth-order valence-corrected chi connectivity index (χ4v) is 3.26. The molecule has 0 atom stereocenters. The van der Waals surface area contributed by atoms with E-state index in [9.17, 15) is 4.39 Å². The van der Waals surface area contributed by atoms with Gasteiger partial charge in [0.15, 0.2) is 0 Å². The van der Waals surface area contributed by atoms with Crippen LogP contribution in [0.1, 0.15) is 11.4 Å². The van der Waals surface area contributed by atoms with Gasteiger partial charge in [0.1, 0.15) is 11.6 Å². The van der Waals surface area contributed by atoms with Gasteiger partial charge >= 0.3 is 0 Å². The van der Waals surface area contributed by atoms with E-state index >= 15 is 0 Å². The van der Waals surface area contributed by atoms with Gasteiger partial charge in [-0.1, -0.05) is 6.07 Å². The van der Waals surface area contributed by atoms with Crippen molar-refractivity contribution < 1.29 is 4.39 Å². The second-order valence-electron chi connectivity index (χ2n) is 4.89. The Kier molecular flexibility index (Phi) is 4.00. The zero-order valence-corrected chi connectivity index (χ0v) is 13.7. The van der Waals surface area contributed by atoms with Crippen molar-refractivity contribution in [2.45, 2.75) is 13.3 Å². The molecule has 21 heavy (non-hydrogen) atoms. The molecule has 0 aliphatic carbocycles. The Labute approximate surface area is 135 Å². The molecule has 3 rings (SSSR count). The quantitative estimate of drug-likeness (QED) is 0.595. The molecule has 0 N–H and O–H groups in total. The smallest absolute Gasteiger partial charge is 0.125 e. The first-order chi connectivity index (χ1) is 10.1. The van der Waals surface area contributed by atoms with Gasteiger partial charge in [-0.3, -0.25) is 4.57 Å². The lowest BCUT2D eigenvalue weighted by atomic mass is 10.2. The van der Waals surface area contributed by atoms with E-state index in [2.05, 4.69) is 27.0 Å². The zero-order valence-electron chi connectivity index (χ0n) is 11.4. The molecule has 1 heterocycles. The molecule has 0 saturated carbocycles. The average Bonchev–Trinajstić information content (AvgIpc) is 2.76. The number of aryl methyl sites for hydroxylation is 2. The number of hydrogen-bond acceptors (Lipinski definition) is 1. The second kappa shape index (κ2) is 5.78. The van der Waals surface area contributed by atoms with Crippen molar-refractivity contribution >= 4 is 38.6 Å². The summed E-state index contributed by atoms with van der Waals surface area (Å²) in [7, 11) is 0. The van der Waals surface area contributed by atoms with Crippen molar-refractivity contribution in [3.8, 4) is 5.69 Å². The molecule has 0 saturated heterocycles. The SMILES string of the molecule is Cc1ccc(-n2c(CCCl)nc3cc(F)ccc32)c(Br)c1. The van der Waals surface area contributed by atoms with Gasteiger partial charge in [0.2, 0.25) is 0 Å². The number of rotatable bonds is 3. The minimum absolute atomic E-state index is 0.285. The Hall–Kier alpha value is -1.39. The fraction of sp³-hybridized carbons (Fsp3) is 0.188. The standard InChI is InChI=1S/C16H13BrClFN2/c1-10-2-4-14(12(17)8-10)21-15-5-3-11(19)9-13(15)20-16(21)6-7-18/h2-5,8-9H,6-7H2,1H3. The number of nitrogens with zero attached hydrogens (tertiary/aromatic N) is 2. The molecule has 2 nitrogen and oxygen atoms in total. The predicted octanol–water partition coefficient (Wildman–Crippen LogP) is 5.02. The summed E-state index contributed by atoms with van der Waals surface area (Å²) < 4.78 is 16.4. The maximum Gasteiger partial charge on any atom is 0.125 e. The van der Waals surface area contributed by atoms with E-state index in [0.29, 0.717) is 17.8 Å². The van der Waals surface area contributed by atoms with Gasteiger partial charge in [-0.15, -0.1) is 11.6 Å². The Morgan fingerprint density at radius 2 is 2.05 bits per heavy atom. The van der Waals surface area contributed by atoms with Crippen molar-refractivity contribution in [1.29, 1.82) is 0 Å². The molecular weight excluding hydrogens is 355 g/mol. The second-order valence-corrected chi connectivity index (χ2v) is 6.12. The van der Waals surface area contributed by atoms with Gasteiger partial charge in [0.25, 0.3) is 0 Å². The highest BCUT2D eigenvalue weighted by atomic mass is 79.9. The highest BCUT2D eigenvalue weighted by molar-refractivity contribution is 9.10. The van der Waals surface area contributed by atoms with Gasteiger partial charge in [-0.25, -0.2) is 9.37 Å². The maximum atomic E-state index is 13.4. The van der Waals surface area contributed by atoms with E-state index in [1.54, 1.807) is 6.07 Å². The molecule has 2 aromatic carbocycles. The summed E-state index contributed by atoms with van der Waals surface area (Å²) in [6, 6.07) is 10.8. The summed E-state index contributed by atoms with van der Waals surface area (Å²) in [5.41, 5.74) is 3.67. The maximum absolute atomic E-state index is 13.4. The third-order valence-corrected chi connectivity index (χ3v) is 4.17. The molecule has 108 valence electrons. The molecule has 0 aliphatic heterocycles. The van der Waals surface area contributed by atoms with E-state index in [1.807, 2.05) is 23.6 Å². The first-order valence-electron chi connectivity index (χ1n) is 6.59. The first-order valence-corrected chi connectivity index (χ1v) is 7.92. The Bertz CT molecular complexity index is 813. The summed E-state index contributed by atoms with van der Waals surface area (Å²) in [5, 5.41) is 0. The molecule has 0 aliphatic rings. The van der Waals surface area contributed by atoms with Crippen LogP contribution in [0.3, 0.4) is 0 Å². The van der Waals surface area contributed by atoms with Crippen LogP contribution in [0, 0.1) is 12.7 Å². The van der Waals surface area contributed by atoms with Gasteiger partial charge in [0, 0.05) is 22.8 Å². The zero-order chi connectivity index (χ0) is 15.0. The summed E-state index contributed by atoms with van der Waals surface area (Å²) in [4.78, 5) is 4.52. The number of alkyl halides is 1. The van der Waals surface area contributed by atoms with Crippen molar-refractivity contribution in [2.75, 3.05) is 5.88 Å². The fourth-order valence-electron chi connectivity index (χ4n) is 2.42. The molecular formula is C16H13BrClFN2. The number of fused-ring (bicyclic) bond motifs is 1. The van der Waals surface area contributed by atoms with Gasteiger partial charge < -0.3 is 0 Å². The Balaban J connectivity index is 2.30. The molecule has 0 spiro atoms. The van der Waals surface area contributed by atoms with Crippen LogP contribution in [0.5, 0.6) is 0 Å². The Morgan fingerprint density at radius 3 is 2.76 bits per heavy atom. The Morgan fingerprint density at radius 1 is 1.24 bits per heavy atom. The van der Waals surface area contributed by atoms with Crippen LogP contribution < -0.4 is 0 Å². The van der Waals surface area contributed by atoms with Crippen LogP contribution in [0.15, 0.2) is 40.9 Å². The highest BCUT2D eigenvalue weighted by Crippen LogP contribution is 2.28. The van der Waals surface area contributed by atoms with Crippen LogP contribution in [-0.2, 0) is 6.42 Å². The summed E-state index contributed by atoms with van der Waals surface area (Å²) >= 11 is 9.48. The molecule has 0 bridgehead atoms. The van der Waals surface area contributed by atoms with E-state index in [0.717, 1.165) is 21.5 Å². The normalized spacial score (nSPS) is 11.2. The number of imidazole rings is 1. The first kappa shape index (κ1) is 14.5. The van der Waals surface area contributed by atoms with Crippen molar-refractivity contribution in [3.05, 3.63) is 58.1 Å². The van der Waals surface area contributed by atoms with Crippen LogP contribution in [0.4, 0.5) is 4.39 Å². The number of halogens is 3. The number of aromatic nitrogens is 2. The van der Waals surface area contributed by atoms with Gasteiger partial charge in [-0.05, 0) is 52.7 Å². The lowest BCUT2D eigenvalue weighted by Gasteiger charge is -2.11. The van der Waals surface area contributed by atoms with Crippen LogP contribution in [-0.4, -0.2) is 15.4 Å². The summed E-state index contributed by atoms with van der Waals surface area (Å²) in [6.07, 6.45) is 0.623. The van der Waals surface area contributed by atoms with Gasteiger partial charge in [-0.2, -0.15) is 0 Å². The van der Waals surface area contributed by atoms with Crippen LogP contribution in [0.25, 0.3) is 16.7 Å². The molecule has 0 unspecified atom stereocenters. The average molecular weight is 368 g/mol. The molecule has 3 aromatic rings. The number of hydrogen-bond donors (Lipinski definition) is 0. The lowest BCUT2D eigenvalue weighted by molar-refractivity contribution is 0.629. The molecule has 0 fully saturated rings. The topological polar surface area (TPSA) is 17.8 Å². The summed E-state index contributed by atoms with van der Waals surface area (Å²) in [6.45, 7) is 2.04. The molecule has 0 amide bonds. The number of benzene rings is 2.